The Balaban J connectivity index is 1.66. The second kappa shape index (κ2) is 6.75. The zero-order chi connectivity index (χ0) is 18.1. The molecule has 1 aromatic carbocycles. The smallest absolute Gasteiger partial charge is 0.254 e. The molecule has 1 aliphatic rings. The number of hydrogen-bond acceptors (Lipinski definition) is 4. The summed E-state index contributed by atoms with van der Waals surface area (Å²) < 4.78 is 0. The summed E-state index contributed by atoms with van der Waals surface area (Å²) in [7, 11) is 3.89. The van der Waals surface area contributed by atoms with Crippen molar-refractivity contribution in [2.24, 2.45) is 0 Å². The normalized spacial score (nSPS) is 16.8. The number of likely N-dealkylation sites (tertiary alicyclic amines) is 1. The molecule has 1 aliphatic heterocycles. The molecule has 3 heterocycles. The summed E-state index contributed by atoms with van der Waals surface area (Å²) in [5, 5.41) is 0.912. The first kappa shape index (κ1) is 16.5. The van der Waals surface area contributed by atoms with Crippen LogP contribution in [-0.4, -0.2) is 48.0 Å². The predicted molar refractivity (Wildman–Crippen MR) is 104 cm³/mol. The monoisotopic (exact) mass is 346 g/mol. The van der Waals surface area contributed by atoms with E-state index < -0.39 is 0 Å². The van der Waals surface area contributed by atoms with Crippen LogP contribution in [0.3, 0.4) is 0 Å². The van der Waals surface area contributed by atoms with Crippen LogP contribution < -0.4 is 4.90 Å². The summed E-state index contributed by atoms with van der Waals surface area (Å²) in [6.45, 7) is 1.52. The molecule has 0 radical (unpaired) electrons. The quantitative estimate of drug-likeness (QED) is 0.730. The Morgan fingerprint density at radius 1 is 1.15 bits per heavy atom. The van der Waals surface area contributed by atoms with Crippen LogP contribution in [0, 0.1) is 0 Å². The van der Waals surface area contributed by atoms with E-state index >= 15 is 0 Å². The number of para-hydroxylation sites is 1. The van der Waals surface area contributed by atoms with Crippen LogP contribution in [0.2, 0.25) is 0 Å². The molecule has 1 fully saturated rings. The summed E-state index contributed by atoms with van der Waals surface area (Å²) >= 11 is 0. The summed E-state index contributed by atoms with van der Waals surface area (Å²) in [6.07, 6.45) is 4.62. The van der Waals surface area contributed by atoms with Gasteiger partial charge in [0.1, 0.15) is 5.82 Å². The second-order valence-electron chi connectivity index (χ2n) is 6.96. The zero-order valence-corrected chi connectivity index (χ0v) is 15.1. The van der Waals surface area contributed by atoms with E-state index in [1.807, 2.05) is 78.8 Å². The van der Waals surface area contributed by atoms with Gasteiger partial charge in [0.05, 0.1) is 11.1 Å². The average Bonchev–Trinajstić information content (AvgIpc) is 3.17. The van der Waals surface area contributed by atoms with Crippen LogP contribution in [-0.2, 0) is 0 Å². The third kappa shape index (κ3) is 3.01. The number of rotatable bonds is 3. The summed E-state index contributed by atoms with van der Waals surface area (Å²) in [5.74, 6) is 1.27. The van der Waals surface area contributed by atoms with Crippen LogP contribution in [0.1, 0.15) is 28.3 Å². The van der Waals surface area contributed by atoms with Gasteiger partial charge in [-0.3, -0.25) is 9.78 Å². The maximum atomic E-state index is 13.3. The van der Waals surface area contributed by atoms with E-state index in [0.717, 1.165) is 41.8 Å². The first-order valence-corrected chi connectivity index (χ1v) is 8.90. The molecule has 5 heteroatoms. The lowest BCUT2D eigenvalue weighted by molar-refractivity contribution is 0.0792. The van der Waals surface area contributed by atoms with Gasteiger partial charge in [-0.2, -0.15) is 0 Å². The Bertz CT molecular complexity index is 939. The minimum Gasteiger partial charge on any atom is -0.363 e. The van der Waals surface area contributed by atoms with Crippen molar-refractivity contribution in [2.45, 2.75) is 12.3 Å². The van der Waals surface area contributed by atoms with Gasteiger partial charge in [0.25, 0.3) is 5.91 Å². The van der Waals surface area contributed by atoms with Crippen molar-refractivity contribution in [2.75, 3.05) is 32.1 Å². The Morgan fingerprint density at radius 2 is 1.92 bits per heavy atom. The van der Waals surface area contributed by atoms with Crippen molar-refractivity contribution in [3.8, 4) is 0 Å². The number of amides is 1. The van der Waals surface area contributed by atoms with Gasteiger partial charge < -0.3 is 9.80 Å². The number of anilines is 1. The highest BCUT2D eigenvalue weighted by molar-refractivity contribution is 6.07. The van der Waals surface area contributed by atoms with Gasteiger partial charge in [0.2, 0.25) is 0 Å². The molecule has 2 aromatic heterocycles. The standard InChI is InChI=1S/C21H22N4O/c1-24(2)20-13-18(17-5-3-4-6-19(17)23-20)21(26)25-12-9-16(14-25)15-7-10-22-11-8-15/h3-8,10-11,13,16H,9,12,14H2,1-2H3/t16-/m1/s1. The first-order valence-electron chi connectivity index (χ1n) is 8.90. The molecule has 0 saturated carbocycles. The number of nitrogens with zero attached hydrogens (tertiary/aromatic N) is 4. The zero-order valence-electron chi connectivity index (χ0n) is 15.1. The lowest BCUT2D eigenvalue weighted by atomic mass is 10.00. The lowest BCUT2D eigenvalue weighted by Gasteiger charge is -2.20. The number of hydrogen-bond donors (Lipinski definition) is 0. The fourth-order valence-corrected chi connectivity index (χ4v) is 3.59. The molecule has 1 atom stereocenters. The molecule has 0 N–H and O–H groups in total. The average molecular weight is 346 g/mol. The molecule has 3 aromatic rings. The van der Waals surface area contributed by atoms with Gasteiger partial charge in [-0.1, -0.05) is 18.2 Å². The van der Waals surface area contributed by atoms with Crippen molar-refractivity contribution < 1.29 is 4.79 Å². The summed E-state index contributed by atoms with van der Waals surface area (Å²) in [6, 6.07) is 13.9. The van der Waals surface area contributed by atoms with Gasteiger partial charge in [0.15, 0.2) is 0 Å². The molecule has 0 aliphatic carbocycles. The van der Waals surface area contributed by atoms with Crippen LogP contribution >= 0.6 is 0 Å². The Labute approximate surface area is 153 Å². The number of carbonyl (C=O) groups excluding carboxylic acids is 1. The van der Waals surface area contributed by atoms with Gasteiger partial charge in [-0.15, -0.1) is 0 Å². The van der Waals surface area contributed by atoms with Crippen LogP contribution in [0.15, 0.2) is 54.9 Å². The molecule has 0 unspecified atom stereocenters. The van der Waals surface area contributed by atoms with E-state index in [9.17, 15) is 4.79 Å². The highest BCUT2D eigenvalue weighted by Crippen LogP contribution is 2.30. The third-order valence-corrected chi connectivity index (χ3v) is 5.04. The van der Waals surface area contributed by atoms with Gasteiger partial charge in [-0.05, 0) is 36.2 Å². The number of aromatic nitrogens is 2. The summed E-state index contributed by atoms with van der Waals surface area (Å²) in [5.41, 5.74) is 2.84. The topological polar surface area (TPSA) is 49.3 Å². The molecule has 1 amide bonds. The van der Waals surface area contributed by atoms with Crippen molar-refractivity contribution in [3.63, 3.8) is 0 Å². The third-order valence-electron chi connectivity index (χ3n) is 5.04. The molecule has 1 saturated heterocycles. The molecule has 0 spiro atoms. The van der Waals surface area contributed by atoms with E-state index in [1.54, 1.807) is 0 Å². The highest BCUT2D eigenvalue weighted by atomic mass is 16.2. The first-order chi connectivity index (χ1) is 12.6. The molecule has 0 bridgehead atoms. The Kier molecular flexibility index (Phi) is 4.29. The number of pyridine rings is 2. The van der Waals surface area contributed by atoms with Crippen LogP contribution in [0.5, 0.6) is 0 Å². The molecule has 4 rings (SSSR count). The highest BCUT2D eigenvalue weighted by Gasteiger charge is 2.29. The SMILES string of the molecule is CN(C)c1cc(C(=O)N2CC[C@@H](c3ccncc3)C2)c2ccccc2n1. The van der Waals surface area contributed by atoms with Gasteiger partial charge >= 0.3 is 0 Å². The van der Waals surface area contributed by atoms with E-state index in [4.69, 9.17) is 0 Å². The fourth-order valence-electron chi connectivity index (χ4n) is 3.59. The molecule has 26 heavy (non-hydrogen) atoms. The van der Waals surface area contributed by atoms with Gasteiger partial charge in [-0.25, -0.2) is 4.98 Å². The molecule has 5 nitrogen and oxygen atoms in total. The van der Waals surface area contributed by atoms with Gasteiger partial charge in [0, 0.05) is 50.9 Å². The predicted octanol–water partition coefficient (Wildman–Crippen LogP) is 3.33. The number of fused-ring (bicyclic) bond motifs is 1. The number of benzene rings is 1. The van der Waals surface area contributed by atoms with E-state index in [2.05, 4.69) is 9.97 Å². The van der Waals surface area contributed by atoms with Crippen molar-refractivity contribution in [1.82, 2.24) is 14.9 Å². The van der Waals surface area contributed by atoms with Crippen molar-refractivity contribution in [3.05, 3.63) is 66.0 Å². The van der Waals surface area contributed by atoms with Crippen molar-refractivity contribution in [1.29, 1.82) is 0 Å². The van der Waals surface area contributed by atoms with Crippen LogP contribution in [0.4, 0.5) is 5.82 Å². The maximum Gasteiger partial charge on any atom is 0.254 e. The largest absolute Gasteiger partial charge is 0.363 e. The maximum absolute atomic E-state index is 13.3. The fraction of sp³-hybridized carbons (Fsp3) is 0.286. The second-order valence-corrected chi connectivity index (χ2v) is 6.96. The lowest BCUT2D eigenvalue weighted by Crippen LogP contribution is -2.29. The minimum absolute atomic E-state index is 0.0863. The molecular formula is C21H22N4O. The minimum atomic E-state index is 0.0863. The van der Waals surface area contributed by atoms with E-state index in [0.29, 0.717) is 5.92 Å². The van der Waals surface area contributed by atoms with E-state index in [1.165, 1.54) is 5.56 Å². The number of carbonyl (C=O) groups is 1. The molecule has 132 valence electrons. The van der Waals surface area contributed by atoms with Crippen molar-refractivity contribution >= 4 is 22.6 Å². The Hall–Kier alpha value is -2.95. The van der Waals surface area contributed by atoms with E-state index in [-0.39, 0.29) is 5.91 Å². The summed E-state index contributed by atoms with van der Waals surface area (Å²) in [4.78, 5) is 25.9. The molecular weight excluding hydrogens is 324 g/mol. The van der Waals surface area contributed by atoms with Crippen LogP contribution in [0.25, 0.3) is 10.9 Å². The Morgan fingerprint density at radius 3 is 2.69 bits per heavy atom.